The van der Waals surface area contributed by atoms with E-state index in [-0.39, 0.29) is 0 Å². The first kappa shape index (κ1) is 13.0. The standard InChI is InChI=1S/C13H14N2O2/c1-4-10-6-12(14-7-16)13(15-8-17)9(3)11(10)5-2/h6H,4-5H2,1-3H3. The summed E-state index contributed by atoms with van der Waals surface area (Å²) in [6.45, 7) is 5.95. The molecule has 0 heterocycles. The summed E-state index contributed by atoms with van der Waals surface area (Å²) in [4.78, 5) is 28.0. The Morgan fingerprint density at radius 1 is 1.12 bits per heavy atom. The van der Waals surface area contributed by atoms with Crippen LogP contribution in [-0.4, -0.2) is 12.2 Å². The minimum atomic E-state index is 0.384. The highest BCUT2D eigenvalue weighted by Crippen LogP contribution is 2.36. The van der Waals surface area contributed by atoms with Crippen LogP contribution in [0.2, 0.25) is 0 Å². The molecule has 4 heteroatoms. The van der Waals surface area contributed by atoms with Crippen LogP contribution in [0.5, 0.6) is 0 Å². The van der Waals surface area contributed by atoms with Gasteiger partial charge in [-0.25, -0.2) is 9.59 Å². The summed E-state index contributed by atoms with van der Waals surface area (Å²) in [6, 6.07) is 1.78. The van der Waals surface area contributed by atoms with E-state index in [1.807, 2.05) is 20.8 Å². The van der Waals surface area contributed by atoms with Gasteiger partial charge in [0, 0.05) is 0 Å². The molecule has 0 aromatic heterocycles. The predicted molar refractivity (Wildman–Crippen MR) is 65.5 cm³/mol. The lowest BCUT2D eigenvalue weighted by atomic mass is 9.95. The normalized spacial score (nSPS) is 9.35. The second-order valence-corrected chi connectivity index (χ2v) is 3.62. The van der Waals surface area contributed by atoms with E-state index in [2.05, 4.69) is 9.98 Å². The minimum absolute atomic E-state index is 0.384. The molecule has 0 radical (unpaired) electrons. The fraction of sp³-hybridized carbons (Fsp3) is 0.385. The Kier molecular flexibility index (Phi) is 4.53. The maximum absolute atomic E-state index is 10.4. The van der Waals surface area contributed by atoms with Crippen LogP contribution in [0.15, 0.2) is 16.1 Å². The van der Waals surface area contributed by atoms with Crippen molar-refractivity contribution in [1.29, 1.82) is 0 Å². The number of nitrogens with zero attached hydrogens (tertiary/aromatic N) is 2. The first-order valence-corrected chi connectivity index (χ1v) is 5.50. The van der Waals surface area contributed by atoms with Crippen LogP contribution < -0.4 is 0 Å². The quantitative estimate of drug-likeness (QED) is 0.589. The van der Waals surface area contributed by atoms with Gasteiger partial charge in [0.25, 0.3) is 0 Å². The Labute approximate surface area is 100 Å². The molecule has 0 bridgehead atoms. The van der Waals surface area contributed by atoms with E-state index in [1.165, 1.54) is 12.2 Å². The van der Waals surface area contributed by atoms with Gasteiger partial charge >= 0.3 is 0 Å². The molecule has 0 fully saturated rings. The first-order valence-electron chi connectivity index (χ1n) is 5.50. The maximum Gasteiger partial charge on any atom is 0.240 e. The van der Waals surface area contributed by atoms with E-state index in [0.29, 0.717) is 11.4 Å². The zero-order chi connectivity index (χ0) is 12.8. The third-order valence-electron chi connectivity index (χ3n) is 2.81. The second-order valence-electron chi connectivity index (χ2n) is 3.62. The number of carbonyl (C=O) groups excluding carboxylic acids is 2. The highest BCUT2D eigenvalue weighted by atomic mass is 16.1. The molecule has 0 atom stereocenters. The number of aliphatic imine (C=N–C) groups is 2. The van der Waals surface area contributed by atoms with Gasteiger partial charge in [0.1, 0.15) is 11.4 Å². The van der Waals surface area contributed by atoms with Crippen molar-refractivity contribution in [3.63, 3.8) is 0 Å². The molecule has 0 unspecified atom stereocenters. The van der Waals surface area contributed by atoms with Gasteiger partial charge in [0.15, 0.2) is 0 Å². The van der Waals surface area contributed by atoms with Crippen molar-refractivity contribution >= 4 is 23.5 Å². The lowest BCUT2D eigenvalue weighted by molar-refractivity contribution is 0.564. The van der Waals surface area contributed by atoms with Crippen LogP contribution >= 0.6 is 0 Å². The summed E-state index contributed by atoms with van der Waals surface area (Å²) in [5.74, 6) is 0. The molecular formula is C13H14N2O2. The molecule has 17 heavy (non-hydrogen) atoms. The molecule has 1 rings (SSSR count). The number of hydrogen-bond acceptors (Lipinski definition) is 4. The van der Waals surface area contributed by atoms with E-state index in [0.717, 1.165) is 29.5 Å². The molecule has 1 aromatic carbocycles. The van der Waals surface area contributed by atoms with E-state index in [9.17, 15) is 9.59 Å². The van der Waals surface area contributed by atoms with Crippen molar-refractivity contribution in [1.82, 2.24) is 0 Å². The molecule has 0 saturated heterocycles. The van der Waals surface area contributed by atoms with Crippen molar-refractivity contribution in [2.24, 2.45) is 9.98 Å². The Balaban J connectivity index is 3.66. The third-order valence-corrected chi connectivity index (χ3v) is 2.81. The Bertz CT molecular complexity index is 523. The van der Waals surface area contributed by atoms with Gasteiger partial charge in [-0.3, -0.25) is 0 Å². The molecule has 1 aromatic rings. The molecule has 0 aliphatic carbocycles. The summed E-state index contributed by atoms with van der Waals surface area (Å²) in [6.07, 6.45) is 4.67. The van der Waals surface area contributed by atoms with Gasteiger partial charge in [-0.2, -0.15) is 9.98 Å². The molecule has 0 aliphatic heterocycles. The Hall–Kier alpha value is -2.02. The largest absolute Gasteiger partial charge is 0.240 e. The van der Waals surface area contributed by atoms with Crippen LogP contribution in [0, 0.1) is 6.92 Å². The Morgan fingerprint density at radius 2 is 1.76 bits per heavy atom. The van der Waals surface area contributed by atoms with Gasteiger partial charge in [-0.1, -0.05) is 13.8 Å². The summed E-state index contributed by atoms with van der Waals surface area (Å²) < 4.78 is 0. The smallest absolute Gasteiger partial charge is 0.211 e. The fourth-order valence-corrected chi connectivity index (χ4v) is 2.03. The SMILES string of the molecule is CCc1cc(N=C=O)c(N=C=O)c(C)c1CC. The number of aryl methyl sites for hydroxylation is 1. The number of isocyanates is 2. The zero-order valence-electron chi connectivity index (χ0n) is 10.2. The highest BCUT2D eigenvalue weighted by Gasteiger charge is 2.12. The van der Waals surface area contributed by atoms with Gasteiger partial charge < -0.3 is 0 Å². The maximum atomic E-state index is 10.4. The van der Waals surface area contributed by atoms with Crippen LogP contribution in [0.25, 0.3) is 0 Å². The van der Waals surface area contributed by atoms with Gasteiger partial charge in [0.2, 0.25) is 12.2 Å². The van der Waals surface area contributed by atoms with Gasteiger partial charge in [-0.15, -0.1) is 0 Å². The summed E-state index contributed by atoms with van der Waals surface area (Å²) in [5, 5.41) is 0. The van der Waals surface area contributed by atoms with Crippen molar-refractivity contribution in [3.05, 3.63) is 22.8 Å². The van der Waals surface area contributed by atoms with Gasteiger partial charge in [-0.05, 0) is 42.5 Å². The fourth-order valence-electron chi connectivity index (χ4n) is 2.03. The topological polar surface area (TPSA) is 58.9 Å². The van der Waals surface area contributed by atoms with Crippen molar-refractivity contribution in [2.75, 3.05) is 0 Å². The molecule has 0 amide bonds. The highest BCUT2D eigenvalue weighted by molar-refractivity contribution is 5.74. The van der Waals surface area contributed by atoms with Crippen LogP contribution in [0.1, 0.15) is 30.5 Å². The van der Waals surface area contributed by atoms with Crippen molar-refractivity contribution in [2.45, 2.75) is 33.6 Å². The molecule has 88 valence electrons. The molecule has 4 nitrogen and oxygen atoms in total. The van der Waals surface area contributed by atoms with Gasteiger partial charge in [0.05, 0.1) is 0 Å². The Morgan fingerprint density at radius 3 is 2.24 bits per heavy atom. The molecule has 0 aliphatic rings. The lowest BCUT2D eigenvalue weighted by Crippen LogP contribution is -1.95. The molecule has 0 spiro atoms. The minimum Gasteiger partial charge on any atom is -0.211 e. The monoisotopic (exact) mass is 230 g/mol. The van der Waals surface area contributed by atoms with E-state index < -0.39 is 0 Å². The van der Waals surface area contributed by atoms with E-state index in [1.54, 1.807) is 6.07 Å². The van der Waals surface area contributed by atoms with Crippen LogP contribution in [0.4, 0.5) is 11.4 Å². The second kappa shape index (κ2) is 5.90. The molecule has 0 saturated carbocycles. The molecule has 0 N–H and O–H groups in total. The number of rotatable bonds is 4. The summed E-state index contributed by atoms with van der Waals surface area (Å²) in [5.41, 5.74) is 3.94. The van der Waals surface area contributed by atoms with Crippen LogP contribution in [0.3, 0.4) is 0 Å². The predicted octanol–water partition coefficient (Wildman–Crippen LogP) is 3.05. The number of benzene rings is 1. The average molecular weight is 230 g/mol. The van der Waals surface area contributed by atoms with E-state index in [4.69, 9.17) is 0 Å². The third kappa shape index (κ3) is 2.56. The van der Waals surface area contributed by atoms with Crippen LogP contribution in [-0.2, 0) is 22.4 Å². The molecular weight excluding hydrogens is 216 g/mol. The summed E-state index contributed by atoms with van der Waals surface area (Å²) >= 11 is 0. The summed E-state index contributed by atoms with van der Waals surface area (Å²) in [7, 11) is 0. The van der Waals surface area contributed by atoms with Crippen molar-refractivity contribution in [3.8, 4) is 0 Å². The van der Waals surface area contributed by atoms with Crippen molar-refractivity contribution < 1.29 is 9.59 Å². The first-order chi connectivity index (χ1) is 8.19. The van der Waals surface area contributed by atoms with E-state index >= 15 is 0 Å². The number of hydrogen-bond donors (Lipinski definition) is 0. The average Bonchev–Trinajstić information content (AvgIpc) is 2.33. The lowest BCUT2D eigenvalue weighted by Gasteiger charge is -2.13. The zero-order valence-corrected chi connectivity index (χ0v) is 10.2.